The predicted octanol–water partition coefficient (Wildman–Crippen LogP) is 4.17. The van der Waals surface area contributed by atoms with Crippen LogP contribution in [0.5, 0.6) is 0 Å². The number of anilines is 1. The van der Waals surface area contributed by atoms with Gasteiger partial charge in [-0.2, -0.15) is 0 Å². The Bertz CT molecular complexity index is 820. The van der Waals surface area contributed by atoms with Crippen LogP contribution in [-0.2, 0) is 10.0 Å². The lowest BCUT2D eigenvalue weighted by molar-refractivity contribution is 0.0953. The first kappa shape index (κ1) is 19.5. The van der Waals surface area contributed by atoms with Gasteiger partial charge in [0, 0.05) is 22.3 Å². The van der Waals surface area contributed by atoms with Crippen LogP contribution in [0.4, 0.5) is 5.69 Å². The fourth-order valence-electron chi connectivity index (χ4n) is 2.23. The molecule has 0 fully saturated rings. The summed E-state index contributed by atoms with van der Waals surface area (Å²) in [5.74, 6) is -0.208. The van der Waals surface area contributed by atoms with Crippen LogP contribution in [0.2, 0.25) is 0 Å². The Morgan fingerprint density at radius 2 is 1.80 bits per heavy atom. The van der Waals surface area contributed by atoms with Gasteiger partial charge in [0.25, 0.3) is 15.9 Å². The van der Waals surface area contributed by atoms with E-state index in [1.54, 1.807) is 30.3 Å². The van der Waals surface area contributed by atoms with Crippen molar-refractivity contribution in [3.8, 4) is 0 Å². The standard InChI is InChI=1S/C18H21BrN2O3S/c1-2-3-4-12-20-18(22)14-6-5-7-16(13-14)21-25(23,24)17-10-8-15(19)9-11-17/h5-11,13,21H,2-4,12H2,1H3,(H,20,22). The zero-order valence-electron chi connectivity index (χ0n) is 14.0. The van der Waals surface area contributed by atoms with Crippen LogP contribution in [0.3, 0.4) is 0 Å². The molecule has 0 atom stereocenters. The Kier molecular flexibility index (Phi) is 7.01. The van der Waals surface area contributed by atoms with Crippen molar-refractivity contribution in [3.63, 3.8) is 0 Å². The van der Waals surface area contributed by atoms with E-state index in [1.807, 2.05) is 0 Å². The number of hydrogen-bond donors (Lipinski definition) is 2. The summed E-state index contributed by atoms with van der Waals surface area (Å²) in [6.07, 6.45) is 3.08. The zero-order chi connectivity index (χ0) is 18.3. The highest BCUT2D eigenvalue weighted by Crippen LogP contribution is 2.19. The number of amides is 1. The van der Waals surface area contributed by atoms with Crippen LogP contribution in [0.25, 0.3) is 0 Å². The number of rotatable bonds is 8. The second-order valence-corrected chi connectivity index (χ2v) is 8.20. The van der Waals surface area contributed by atoms with E-state index in [-0.39, 0.29) is 10.8 Å². The summed E-state index contributed by atoms with van der Waals surface area (Å²) in [6, 6.07) is 12.8. The second kappa shape index (κ2) is 9.01. The summed E-state index contributed by atoms with van der Waals surface area (Å²) in [5, 5.41) is 2.84. The molecule has 0 spiro atoms. The molecule has 134 valence electrons. The van der Waals surface area contributed by atoms with E-state index in [0.29, 0.717) is 17.8 Å². The lowest BCUT2D eigenvalue weighted by atomic mass is 10.2. The summed E-state index contributed by atoms with van der Waals surface area (Å²) in [6.45, 7) is 2.71. The topological polar surface area (TPSA) is 75.3 Å². The van der Waals surface area contributed by atoms with Crippen molar-refractivity contribution in [1.29, 1.82) is 0 Å². The van der Waals surface area contributed by atoms with Gasteiger partial charge in [0.05, 0.1) is 4.90 Å². The molecule has 0 radical (unpaired) electrons. The van der Waals surface area contributed by atoms with E-state index in [4.69, 9.17) is 0 Å². The molecule has 0 heterocycles. The van der Waals surface area contributed by atoms with Crippen LogP contribution in [0, 0.1) is 0 Å². The van der Waals surface area contributed by atoms with Crippen molar-refractivity contribution < 1.29 is 13.2 Å². The minimum Gasteiger partial charge on any atom is -0.352 e. The van der Waals surface area contributed by atoms with E-state index < -0.39 is 10.0 Å². The molecule has 2 aromatic rings. The third-order valence-corrected chi connectivity index (χ3v) is 5.49. The van der Waals surface area contributed by atoms with Gasteiger partial charge in [-0.25, -0.2) is 8.42 Å². The van der Waals surface area contributed by atoms with Crippen molar-refractivity contribution in [3.05, 3.63) is 58.6 Å². The maximum Gasteiger partial charge on any atom is 0.261 e. The molecule has 1 amide bonds. The molecule has 0 bridgehead atoms. The van der Waals surface area contributed by atoms with E-state index in [1.165, 1.54) is 18.2 Å². The zero-order valence-corrected chi connectivity index (χ0v) is 16.4. The molecule has 2 aromatic carbocycles. The number of sulfonamides is 1. The fraction of sp³-hybridized carbons (Fsp3) is 0.278. The first-order valence-corrected chi connectivity index (χ1v) is 10.4. The third-order valence-electron chi connectivity index (χ3n) is 3.57. The molecule has 0 aliphatic rings. The number of hydrogen-bond acceptors (Lipinski definition) is 3. The minimum absolute atomic E-state index is 0.158. The number of nitrogens with one attached hydrogen (secondary N) is 2. The Balaban J connectivity index is 2.08. The molecule has 0 aliphatic heterocycles. The number of carbonyl (C=O) groups is 1. The van der Waals surface area contributed by atoms with Crippen molar-refractivity contribution in [2.75, 3.05) is 11.3 Å². The summed E-state index contributed by atoms with van der Waals surface area (Å²) in [4.78, 5) is 12.3. The average Bonchev–Trinajstić information content (AvgIpc) is 2.59. The van der Waals surface area contributed by atoms with Crippen LogP contribution >= 0.6 is 15.9 Å². The van der Waals surface area contributed by atoms with Gasteiger partial charge < -0.3 is 5.32 Å². The number of benzene rings is 2. The highest BCUT2D eigenvalue weighted by molar-refractivity contribution is 9.10. The predicted molar refractivity (Wildman–Crippen MR) is 103 cm³/mol. The Hall–Kier alpha value is -1.86. The lowest BCUT2D eigenvalue weighted by Gasteiger charge is -2.10. The quantitative estimate of drug-likeness (QED) is 0.624. The van der Waals surface area contributed by atoms with Gasteiger partial charge in [0.15, 0.2) is 0 Å². The van der Waals surface area contributed by atoms with Crippen molar-refractivity contribution in [2.24, 2.45) is 0 Å². The summed E-state index contributed by atoms with van der Waals surface area (Å²) >= 11 is 3.28. The smallest absolute Gasteiger partial charge is 0.261 e. The normalized spacial score (nSPS) is 11.1. The van der Waals surface area contributed by atoms with Crippen LogP contribution in [0.1, 0.15) is 36.5 Å². The van der Waals surface area contributed by atoms with Gasteiger partial charge in [0.2, 0.25) is 0 Å². The molecular weight excluding hydrogens is 404 g/mol. The SMILES string of the molecule is CCCCCNC(=O)c1cccc(NS(=O)(=O)c2ccc(Br)cc2)c1. The molecule has 0 unspecified atom stereocenters. The highest BCUT2D eigenvalue weighted by Gasteiger charge is 2.15. The van der Waals surface area contributed by atoms with Gasteiger partial charge in [-0.3, -0.25) is 9.52 Å². The van der Waals surface area contributed by atoms with Gasteiger partial charge in [-0.1, -0.05) is 41.8 Å². The van der Waals surface area contributed by atoms with E-state index in [0.717, 1.165) is 23.7 Å². The van der Waals surface area contributed by atoms with Crippen molar-refractivity contribution >= 4 is 37.5 Å². The monoisotopic (exact) mass is 424 g/mol. The van der Waals surface area contributed by atoms with Gasteiger partial charge in [-0.15, -0.1) is 0 Å². The molecule has 2 N–H and O–H groups in total. The van der Waals surface area contributed by atoms with Gasteiger partial charge >= 0.3 is 0 Å². The molecule has 0 aromatic heterocycles. The van der Waals surface area contributed by atoms with E-state index in [2.05, 4.69) is 32.9 Å². The lowest BCUT2D eigenvalue weighted by Crippen LogP contribution is -2.24. The van der Waals surface area contributed by atoms with Crippen LogP contribution < -0.4 is 10.0 Å². The average molecular weight is 425 g/mol. The molecule has 7 heteroatoms. The Morgan fingerprint density at radius 1 is 1.08 bits per heavy atom. The maximum atomic E-state index is 12.4. The minimum atomic E-state index is -3.70. The second-order valence-electron chi connectivity index (χ2n) is 5.60. The number of halogens is 1. The fourth-order valence-corrected chi connectivity index (χ4v) is 3.54. The molecule has 0 saturated heterocycles. The largest absolute Gasteiger partial charge is 0.352 e. The van der Waals surface area contributed by atoms with Crippen molar-refractivity contribution in [2.45, 2.75) is 31.1 Å². The molecule has 25 heavy (non-hydrogen) atoms. The number of carbonyl (C=O) groups excluding carboxylic acids is 1. The third kappa shape index (κ3) is 5.86. The van der Waals surface area contributed by atoms with E-state index in [9.17, 15) is 13.2 Å². The highest BCUT2D eigenvalue weighted by atomic mass is 79.9. The molecule has 0 saturated carbocycles. The molecule has 2 rings (SSSR count). The Labute approximate surface area is 157 Å². The van der Waals surface area contributed by atoms with Gasteiger partial charge in [0.1, 0.15) is 0 Å². The maximum absolute atomic E-state index is 12.4. The first-order chi connectivity index (χ1) is 11.9. The van der Waals surface area contributed by atoms with Gasteiger partial charge in [-0.05, 0) is 48.9 Å². The first-order valence-electron chi connectivity index (χ1n) is 8.09. The molecule has 0 aliphatic carbocycles. The Morgan fingerprint density at radius 3 is 2.48 bits per heavy atom. The van der Waals surface area contributed by atoms with Crippen LogP contribution in [-0.4, -0.2) is 20.9 Å². The van der Waals surface area contributed by atoms with E-state index >= 15 is 0 Å². The molecule has 5 nitrogen and oxygen atoms in total. The van der Waals surface area contributed by atoms with Crippen molar-refractivity contribution in [1.82, 2.24) is 5.32 Å². The number of unbranched alkanes of at least 4 members (excludes halogenated alkanes) is 2. The van der Waals surface area contributed by atoms with Crippen LogP contribution in [0.15, 0.2) is 57.9 Å². The molecular formula is C18H21BrN2O3S. The summed E-state index contributed by atoms with van der Waals surface area (Å²) < 4.78 is 28.1. The summed E-state index contributed by atoms with van der Waals surface area (Å²) in [5.41, 5.74) is 0.775. The summed E-state index contributed by atoms with van der Waals surface area (Å²) in [7, 11) is -3.70.